The van der Waals surface area contributed by atoms with Gasteiger partial charge in [-0.05, 0) is 51.1 Å². The lowest BCUT2D eigenvalue weighted by atomic mass is 10.2. The number of ether oxygens (including phenoxy) is 1. The summed E-state index contributed by atoms with van der Waals surface area (Å²) in [5, 5.41) is 4.79. The molecule has 0 unspecified atom stereocenters. The number of benzene rings is 2. The zero-order valence-corrected chi connectivity index (χ0v) is 18.7. The number of halogens is 2. The van der Waals surface area contributed by atoms with Gasteiger partial charge >= 0.3 is 6.09 Å². The normalized spacial score (nSPS) is 11.6. The van der Waals surface area contributed by atoms with Crippen molar-refractivity contribution in [3.8, 4) is 0 Å². The fourth-order valence-corrected chi connectivity index (χ4v) is 3.72. The number of alkyl carbamates (subject to hydrolysis) is 1. The van der Waals surface area contributed by atoms with Crippen LogP contribution in [0.5, 0.6) is 0 Å². The summed E-state index contributed by atoms with van der Waals surface area (Å²) in [6.45, 7) is 5.06. The maximum absolute atomic E-state index is 13.9. The summed E-state index contributed by atoms with van der Waals surface area (Å²) >= 11 is 5.88. The average Bonchev–Trinajstić information content (AvgIpc) is 2.64. The number of carbonyl (C=O) groups is 2. The molecule has 2 rings (SSSR count). The second kappa shape index (κ2) is 10.1. The first-order valence-electron chi connectivity index (χ1n) is 9.21. The van der Waals surface area contributed by atoms with Crippen molar-refractivity contribution in [2.45, 2.75) is 31.3 Å². The molecular weight excluding hydrogens is 449 g/mol. The predicted molar refractivity (Wildman–Crippen MR) is 115 cm³/mol. The third-order valence-corrected chi connectivity index (χ3v) is 5.45. The first kappa shape index (κ1) is 24.6. The zero-order chi connectivity index (χ0) is 23.2. The Morgan fingerprint density at radius 1 is 1.10 bits per heavy atom. The molecule has 0 saturated carbocycles. The number of carbonyl (C=O) groups excluding carboxylic acids is 2. The summed E-state index contributed by atoms with van der Waals surface area (Å²) in [5.41, 5.74) is -0.871. The smallest absolute Gasteiger partial charge is 0.407 e. The summed E-state index contributed by atoms with van der Waals surface area (Å²) in [6, 6.07) is 9.25. The number of sulfonamides is 1. The second-order valence-electron chi connectivity index (χ2n) is 7.41. The van der Waals surface area contributed by atoms with Crippen molar-refractivity contribution in [1.29, 1.82) is 0 Å². The standard InChI is InChI=1S/C20H23ClFN3O5S/c1-20(2,3)30-19(27)23-10-11-24-31(28,29)14-7-4-6-13(12-14)25-18(26)17-15(21)8-5-9-16(17)22/h4-9,12,24H,10-11H2,1-3H3,(H,23,27)(H,25,26). The molecule has 0 aliphatic heterocycles. The van der Waals surface area contributed by atoms with E-state index in [2.05, 4.69) is 15.4 Å². The van der Waals surface area contributed by atoms with E-state index in [1.807, 2.05) is 0 Å². The van der Waals surface area contributed by atoms with Gasteiger partial charge in [-0.25, -0.2) is 22.3 Å². The minimum Gasteiger partial charge on any atom is -0.444 e. The van der Waals surface area contributed by atoms with Crippen LogP contribution >= 0.6 is 11.6 Å². The van der Waals surface area contributed by atoms with Crippen LogP contribution in [-0.4, -0.2) is 39.1 Å². The van der Waals surface area contributed by atoms with Gasteiger partial charge in [0.25, 0.3) is 5.91 Å². The van der Waals surface area contributed by atoms with Gasteiger partial charge in [0.2, 0.25) is 10.0 Å². The largest absolute Gasteiger partial charge is 0.444 e. The number of hydrogen-bond donors (Lipinski definition) is 3. The maximum Gasteiger partial charge on any atom is 0.407 e. The van der Waals surface area contributed by atoms with E-state index in [0.29, 0.717) is 0 Å². The molecule has 8 nitrogen and oxygen atoms in total. The van der Waals surface area contributed by atoms with Crippen LogP contribution in [0.1, 0.15) is 31.1 Å². The van der Waals surface area contributed by atoms with Gasteiger partial charge in [-0.2, -0.15) is 0 Å². The Hall–Kier alpha value is -2.69. The van der Waals surface area contributed by atoms with Crippen molar-refractivity contribution in [3.05, 3.63) is 58.9 Å². The summed E-state index contributed by atoms with van der Waals surface area (Å²) in [7, 11) is -3.93. The first-order valence-corrected chi connectivity index (χ1v) is 11.1. The fraction of sp³-hybridized carbons (Fsp3) is 0.300. The molecule has 3 N–H and O–H groups in total. The van der Waals surface area contributed by atoms with E-state index < -0.39 is 33.4 Å². The fourth-order valence-electron chi connectivity index (χ4n) is 2.40. The van der Waals surface area contributed by atoms with Gasteiger partial charge in [-0.1, -0.05) is 23.7 Å². The SMILES string of the molecule is CC(C)(C)OC(=O)NCCNS(=O)(=O)c1cccc(NC(=O)c2c(F)cccc2Cl)c1. The van der Waals surface area contributed by atoms with Crippen molar-refractivity contribution in [2.24, 2.45) is 0 Å². The molecule has 2 aromatic rings. The summed E-state index contributed by atoms with van der Waals surface area (Å²) in [6.07, 6.45) is -0.664. The topological polar surface area (TPSA) is 114 Å². The Morgan fingerprint density at radius 2 is 1.77 bits per heavy atom. The average molecular weight is 472 g/mol. The molecule has 31 heavy (non-hydrogen) atoms. The van der Waals surface area contributed by atoms with Crippen molar-refractivity contribution >= 4 is 39.3 Å². The van der Waals surface area contributed by atoms with Crippen LogP contribution in [0.2, 0.25) is 5.02 Å². The Morgan fingerprint density at radius 3 is 2.42 bits per heavy atom. The quantitative estimate of drug-likeness (QED) is 0.534. The molecule has 0 heterocycles. The van der Waals surface area contributed by atoms with E-state index in [1.165, 1.54) is 36.4 Å². The Balaban J connectivity index is 2.00. The number of amides is 2. The van der Waals surface area contributed by atoms with Gasteiger partial charge in [-0.3, -0.25) is 4.79 Å². The predicted octanol–water partition coefficient (Wildman–Crippen LogP) is 3.53. The molecule has 0 fully saturated rings. The maximum atomic E-state index is 13.9. The molecule has 0 spiro atoms. The molecular formula is C20H23ClFN3O5S. The highest BCUT2D eigenvalue weighted by atomic mass is 35.5. The van der Waals surface area contributed by atoms with Gasteiger partial charge < -0.3 is 15.4 Å². The molecule has 0 atom stereocenters. The third-order valence-electron chi connectivity index (χ3n) is 3.68. The molecule has 0 aliphatic rings. The van der Waals surface area contributed by atoms with Crippen molar-refractivity contribution in [2.75, 3.05) is 18.4 Å². The molecule has 168 valence electrons. The van der Waals surface area contributed by atoms with Crippen LogP contribution in [-0.2, 0) is 14.8 Å². The van der Waals surface area contributed by atoms with Gasteiger partial charge in [-0.15, -0.1) is 0 Å². The van der Waals surface area contributed by atoms with Gasteiger partial charge in [0.15, 0.2) is 0 Å². The number of hydrogen-bond acceptors (Lipinski definition) is 5. The number of rotatable bonds is 7. The molecule has 11 heteroatoms. The minimum absolute atomic E-state index is 0.0103. The van der Waals surface area contributed by atoms with Crippen molar-refractivity contribution < 1.29 is 27.1 Å². The monoisotopic (exact) mass is 471 g/mol. The Labute approximate surface area is 185 Å². The van der Waals surface area contributed by atoms with Crippen LogP contribution in [0.3, 0.4) is 0 Å². The molecule has 2 aromatic carbocycles. The van der Waals surface area contributed by atoms with E-state index in [1.54, 1.807) is 20.8 Å². The van der Waals surface area contributed by atoms with Gasteiger partial charge in [0, 0.05) is 18.8 Å². The van der Waals surface area contributed by atoms with Gasteiger partial charge in [0.1, 0.15) is 11.4 Å². The first-order chi connectivity index (χ1) is 14.4. The third kappa shape index (κ3) is 7.50. The van der Waals surface area contributed by atoms with Crippen LogP contribution in [0, 0.1) is 5.82 Å². The van der Waals surface area contributed by atoms with E-state index in [9.17, 15) is 22.4 Å². The highest BCUT2D eigenvalue weighted by Crippen LogP contribution is 2.21. The van der Waals surface area contributed by atoms with E-state index in [4.69, 9.17) is 16.3 Å². The van der Waals surface area contributed by atoms with Crippen LogP contribution < -0.4 is 15.4 Å². The second-order valence-corrected chi connectivity index (χ2v) is 9.58. The lowest BCUT2D eigenvalue weighted by Gasteiger charge is -2.19. The molecule has 0 saturated heterocycles. The summed E-state index contributed by atoms with van der Waals surface area (Å²) in [4.78, 5) is 23.8. The minimum atomic E-state index is -3.93. The molecule has 0 aromatic heterocycles. The van der Waals surface area contributed by atoms with Crippen LogP contribution in [0.25, 0.3) is 0 Å². The van der Waals surface area contributed by atoms with Crippen molar-refractivity contribution in [3.63, 3.8) is 0 Å². The number of nitrogens with one attached hydrogen (secondary N) is 3. The zero-order valence-electron chi connectivity index (χ0n) is 17.2. The summed E-state index contributed by atoms with van der Waals surface area (Å²) < 4.78 is 46.2. The molecule has 0 radical (unpaired) electrons. The van der Waals surface area contributed by atoms with Crippen molar-refractivity contribution in [1.82, 2.24) is 10.0 Å². The highest BCUT2D eigenvalue weighted by Gasteiger charge is 2.19. The number of anilines is 1. The van der Waals surface area contributed by atoms with Crippen LogP contribution in [0.15, 0.2) is 47.4 Å². The Kier molecular flexibility index (Phi) is 7.99. The van der Waals surface area contributed by atoms with E-state index >= 15 is 0 Å². The van der Waals surface area contributed by atoms with E-state index in [0.717, 1.165) is 6.07 Å². The molecule has 0 aliphatic carbocycles. The lowest BCUT2D eigenvalue weighted by molar-refractivity contribution is 0.0528. The molecule has 0 bridgehead atoms. The summed E-state index contributed by atoms with van der Waals surface area (Å²) in [5.74, 6) is -1.61. The molecule has 2 amide bonds. The lowest BCUT2D eigenvalue weighted by Crippen LogP contribution is -2.37. The highest BCUT2D eigenvalue weighted by molar-refractivity contribution is 7.89. The van der Waals surface area contributed by atoms with Crippen LogP contribution in [0.4, 0.5) is 14.9 Å². The Bertz CT molecular complexity index is 1050. The van der Waals surface area contributed by atoms with E-state index in [-0.39, 0.29) is 34.3 Å². The van der Waals surface area contributed by atoms with Gasteiger partial charge in [0.05, 0.1) is 15.5 Å².